The lowest BCUT2D eigenvalue weighted by Crippen LogP contribution is -2.46. The number of hydrogen-bond acceptors (Lipinski definition) is 5. The van der Waals surface area contributed by atoms with Gasteiger partial charge in [-0.25, -0.2) is 0 Å². The molecular formula is C13H27N3O3. The van der Waals surface area contributed by atoms with Crippen LogP contribution in [0.4, 0.5) is 0 Å². The first kappa shape index (κ1) is 16.4. The number of morpholine rings is 1. The summed E-state index contributed by atoms with van der Waals surface area (Å²) in [6, 6.07) is 0.308. The molecule has 1 heterocycles. The third-order valence-corrected chi connectivity index (χ3v) is 3.09. The summed E-state index contributed by atoms with van der Waals surface area (Å²) in [6.45, 7) is 8.38. The molecular weight excluding hydrogens is 246 g/mol. The van der Waals surface area contributed by atoms with E-state index in [2.05, 4.69) is 22.5 Å². The van der Waals surface area contributed by atoms with E-state index < -0.39 is 0 Å². The molecule has 1 atom stereocenters. The highest BCUT2D eigenvalue weighted by Crippen LogP contribution is 1.98. The van der Waals surface area contributed by atoms with Crippen molar-refractivity contribution < 1.29 is 14.3 Å². The Bertz CT molecular complexity index is 245. The molecule has 112 valence electrons. The monoisotopic (exact) mass is 273 g/mol. The largest absolute Gasteiger partial charge is 0.385 e. The normalized spacial score (nSPS) is 18.2. The van der Waals surface area contributed by atoms with Crippen molar-refractivity contribution in [2.45, 2.75) is 19.4 Å². The highest BCUT2D eigenvalue weighted by Gasteiger charge is 2.13. The second-order valence-corrected chi connectivity index (χ2v) is 4.89. The first-order chi connectivity index (χ1) is 9.22. The van der Waals surface area contributed by atoms with Gasteiger partial charge in [0, 0.05) is 45.9 Å². The molecule has 0 aromatic carbocycles. The van der Waals surface area contributed by atoms with E-state index in [-0.39, 0.29) is 5.91 Å². The van der Waals surface area contributed by atoms with Crippen LogP contribution in [0.2, 0.25) is 0 Å². The Morgan fingerprint density at radius 1 is 1.42 bits per heavy atom. The third kappa shape index (κ3) is 8.15. The van der Waals surface area contributed by atoms with E-state index in [9.17, 15) is 4.79 Å². The zero-order chi connectivity index (χ0) is 13.9. The molecule has 1 aliphatic heterocycles. The molecule has 1 unspecified atom stereocenters. The van der Waals surface area contributed by atoms with Crippen LogP contribution in [-0.4, -0.2) is 76.5 Å². The van der Waals surface area contributed by atoms with Crippen molar-refractivity contribution in [3.63, 3.8) is 0 Å². The van der Waals surface area contributed by atoms with Crippen molar-refractivity contribution in [1.82, 2.24) is 15.5 Å². The Morgan fingerprint density at radius 2 is 2.16 bits per heavy atom. The molecule has 0 aliphatic carbocycles. The predicted molar refractivity (Wildman–Crippen MR) is 74.2 cm³/mol. The fourth-order valence-corrected chi connectivity index (χ4v) is 2.01. The minimum Gasteiger partial charge on any atom is -0.385 e. The summed E-state index contributed by atoms with van der Waals surface area (Å²) < 4.78 is 10.2. The number of nitrogens with zero attached hydrogens (tertiary/aromatic N) is 1. The van der Waals surface area contributed by atoms with Crippen molar-refractivity contribution in [3.8, 4) is 0 Å². The summed E-state index contributed by atoms with van der Waals surface area (Å²) in [5.74, 6) is 0.0462. The first-order valence-corrected chi connectivity index (χ1v) is 7.01. The SMILES string of the molecule is COCCCNC(=O)CNC(C)CN1CCOCC1. The number of ether oxygens (including phenoxy) is 2. The van der Waals surface area contributed by atoms with Gasteiger partial charge in [-0.15, -0.1) is 0 Å². The summed E-state index contributed by atoms with van der Waals surface area (Å²) in [7, 11) is 1.66. The number of carbonyl (C=O) groups excluding carboxylic acids is 1. The molecule has 1 aliphatic rings. The fraction of sp³-hybridized carbons (Fsp3) is 0.923. The van der Waals surface area contributed by atoms with Gasteiger partial charge in [0.15, 0.2) is 0 Å². The van der Waals surface area contributed by atoms with Crippen LogP contribution in [0.25, 0.3) is 0 Å². The van der Waals surface area contributed by atoms with E-state index in [0.29, 0.717) is 25.7 Å². The molecule has 0 aromatic heterocycles. The number of rotatable bonds is 9. The standard InChI is InChI=1S/C13H27N3O3/c1-12(11-16-5-8-19-9-6-16)15-10-13(17)14-4-3-7-18-2/h12,15H,3-11H2,1-2H3,(H,14,17). The quantitative estimate of drug-likeness (QED) is 0.552. The number of amides is 1. The van der Waals surface area contributed by atoms with Gasteiger partial charge in [0.25, 0.3) is 0 Å². The zero-order valence-corrected chi connectivity index (χ0v) is 12.1. The van der Waals surface area contributed by atoms with Crippen LogP contribution >= 0.6 is 0 Å². The summed E-state index contributed by atoms with van der Waals surface area (Å²) in [5, 5.41) is 6.11. The molecule has 6 nitrogen and oxygen atoms in total. The van der Waals surface area contributed by atoms with Crippen LogP contribution in [0.15, 0.2) is 0 Å². The maximum absolute atomic E-state index is 11.6. The molecule has 2 N–H and O–H groups in total. The maximum atomic E-state index is 11.6. The summed E-state index contributed by atoms with van der Waals surface area (Å²) in [6.07, 6.45) is 0.853. The van der Waals surface area contributed by atoms with Gasteiger partial charge in [0.1, 0.15) is 0 Å². The highest BCUT2D eigenvalue weighted by molar-refractivity contribution is 5.77. The molecule has 6 heteroatoms. The van der Waals surface area contributed by atoms with Crippen LogP contribution in [0.5, 0.6) is 0 Å². The predicted octanol–water partition coefficient (Wildman–Crippen LogP) is -0.551. The molecule has 0 radical (unpaired) electrons. The van der Waals surface area contributed by atoms with Gasteiger partial charge in [-0.3, -0.25) is 9.69 Å². The minimum absolute atomic E-state index is 0.0462. The molecule has 19 heavy (non-hydrogen) atoms. The second kappa shape index (κ2) is 10.1. The molecule has 0 aromatic rings. The topological polar surface area (TPSA) is 62.8 Å². The Morgan fingerprint density at radius 3 is 2.84 bits per heavy atom. The van der Waals surface area contributed by atoms with Crippen molar-refractivity contribution in [1.29, 1.82) is 0 Å². The van der Waals surface area contributed by atoms with E-state index in [0.717, 1.165) is 39.3 Å². The number of nitrogens with one attached hydrogen (secondary N) is 2. The molecule has 1 amide bonds. The van der Waals surface area contributed by atoms with E-state index >= 15 is 0 Å². The van der Waals surface area contributed by atoms with Gasteiger partial charge < -0.3 is 20.1 Å². The van der Waals surface area contributed by atoms with Crippen molar-refractivity contribution in [2.75, 3.05) is 59.7 Å². The average Bonchev–Trinajstić information content (AvgIpc) is 2.42. The van der Waals surface area contributed by atoms with E-state index in [1.807, 2.05) is 0 Å². The van der Waals surface area contributed by atoms with E-state index in [4.69, 9.17) is 9.47 Å². The van der Waals surface area contributed by atoms with Crippen molar-refractivity contribution >= 4 is 5.91 Å². The molecule has 0 saturated carbocycles. The average molecular weight is 273 g/mol. The van der Waals surface area contributed by atoms with Gasteiger partial charge in [0.05, 0.1) is 19.8 Å². The van der Waals surface area contributed by atoms with Crippen molar-refractivity contribution in [2.24, 2.45) is 0 Å². The number of carbonyl (C=O) groups is 1. The van der Waals surface area contributed by atoms with Gasteiger partial charge in [-0.2, -0.15) is 0 Å². The number of methoxy groups -OCH3 is 1. The van der Waals surface area contributed by atoms with Crippen LogP contribution < -0.4 is 10.6 Å². The van der Waals surface area contributed by atoms with Gasteiger partial charge in [-0.05, 0) is 13.3 Å². The van der Waals surface area contributed by atoms with Gasteiger partial charge >= 0.3 is 0 Å². The highest BCUT2D eigenvalue weighted by atomic mass is 16.5. The summed E-state index contributed by atoms with van der Waals surface area (Å²) in [5.41, 5.74) is 0. The molecule has 1 saturated heterocycles. The lowest BCUT2D eigenvalue weighted by atomic mass is 10.3. The third-order valence-electron chi connectivity index (χ3n) is 3.09. The molecule has 0 spiro atoms. The van der Waals surface area contributed by atoms with Gasteiger partial charge in [-0.1, -0.05) is 0 Å². The first-order valence-electron chi connectivity index (χ1n) is 7.01. The summed E-state index contributed by atoms with van der Waals surface area (Å²) in [4.78, 5) is 13.9. The molecule has 0 bridgehead atoms. The Kier molecular flexibility index (Phi) is 8.73. The fourth-order valence-electron chi connectivity index (χ4n) is 2.01. The lowest BCUT2D eigenvalue weighted by molar-refractivity contribution is -0.120. The Balaban J connectivity index is 2.01. The molecule has 1 rings (SSSR count). The van der Waals surface area contributed by atoms with Crippen LogP contribution in [0.3, 0.4) is 0 Å². The molecule has 1 fully saturated rings. The van der Waals surface area contributed by atoms with Crippen LogP contribution in [0.1, 0.15) is 13.3 Å². The van der Waals surface area contributed by atoms with Crippen molar-refractivity contribution in [3.05, 3.63) is 0 Å². The lowest BCUT2D eigenvalue weighted by Gasteiger charge is -2.29. The van der Waals surface area contributed by atoms with Crippen LogP contribution in [-0.2, 0) is 14.3 Å². The van der Waals surface area contributed by atoms with Gasteiger partial charge in [0.2, 0.25) is 5.91 Å². The second-order valence-electron chi connectivity index (χ2n) is 4.89. The van der Waals surface area contributed by atoms with E-state index in [1.165, 1.54) is 0 Å². The minimum atomic E-state index is 0.0462. The maximum Gasteiger partial charge on any atom is 0.233 e. The number of hydrogen-bond donors (Lipinski definition) is 2. The van der Waals surface area contributed by atoms with Crippen LogP contribution in [0, 0.1) is 0 Å². The zero-order valence-electron chi connectivity index (χ0n) is 12.1. The Labute approximate surface area is 115 Å². The Hall–Kier alpha value is -0.690. The van der Waals surface area contributed by atoms with E-state index in [1.54, 1.807) is 7.11 Å². The summed E-state index contributed by atoms with van der Waals surface area (Å²) >= 11 is 0. The smallest absolute Gasteiger partial charge is 0.233 e.